The van der Waals surface area contributed by atoms with Crippen molar-refractivity contribution in [2.75, 3.05) is 10.6 Å². The number of benzene rings is 2. The fourth-order valence-corrected chi connectivity index (χ4v) is 4.05. The molecule has 1 aliphatic rings. The zero-order chi connectivity index (χ0) is 23.7. The van der Waals surface area contributed by atoms with Crippen LogP contribution in [-0.2, 0) is 6.54 Å². The Morgan fingerprint density at radius 1 is 0.912 bits per heavy atom. The molecule has 1 aliphatic heterocycles. The van der Waals surface area contributed by atoms with Gasteiger partial charge in [-0.1, -0.05) is 6.07 Å². The van der Waals surface area contributed by atoms with Gasteiger partial charge in [0.1, 0.15) is 5.76 Å². The van der Waals surface area contributed by atoms with Crippen molar-refractivity contribution in [3.05, 3.63) is 100 Å². The lowest BCUT2D eigenvalue weighted by Crippen LogP contribution is -2.28. The largest absolute Gasteiger partial charge is 0.467 e. The average Bonchev–Trinajstić information content (AvgIpc) is 3.59. The van der Waals surface area contributed by atoms with Gasteiger partial charge < -0.3 is 9.73 Å². The highest BCUT2D eigenvalue weighted by atomic mass is 32.1. The van der Waals surface area contributed by atoms with E-state index in [0.717, 1.165) is 4.90 Å². The topological polar surface area (TPSA) is 122 Å². The summed E-state index contributed by atoms with van der Waals surface area (Å²) in [4.78, 5) is 55.8. The van der Waals surface area contributed by atoms with E-state index in [9.17, 15) is 19.2 Å². The second-order valence-corrected chi connectivity index (χ2v) is 8.26. The summed E-state index contributed by atoms with van der Waals surface area (Å²) in [5, 5.41) is 7.62. The molecule has 10 heteroatoms. The number of carbonyl (C=O) groups excluding carboxylic acids is 4. The van der Waals surface area contributed by atoms with Crippen molar-refractivity contribution < 1.29 is 23.6 Å². The minimum absolute atomic E-state index is 0.0106. The van der Waals surface area contributed by atoms with Gasteiger partial charge in [-0.3, -0.25) is 29.4 Å². The molecule has 0 spiro atoms. The van der Waals surface area contributed by atoms with E-state index in [1.165, 1.54) is 41.9 Å². The summed E-state index contributed by atoms with van der Waals surface area (Å²) in [6, 6.07) is 14.1. The van der Waals surface area contributed by atoms with Crippen LogP contribution in [0.1, 0.15) is 47.2 Å². The van der Waals surface area contributed by atoms with E-state index in [1.807, 2.05) is 0 Å². The maximum absolute atomic E-state index is 12.8. The number of hydrogen-bond acceptors (Lipinski definition) is 7. The van der Waals surface area contributed by atoms with Gasteiger partial charge in [-0.25, -0.2) is 4.98 Å². The summed E-state index contributed by atoms with van der Waals surface area (Å²) >= 11 is 1.30. The van der Waals surface area contributed by atoms with Gasteiger partial charge in [0.15, 0.2) is 5.13 Å². The molecule has 0 saturated carbocycles. The number of carbonyl (C=O) groups is 4. The number of aromatic nitrogens is 1. The molecule has 0 aliphatic carbocycles. The van der Waals surface area contributed by atoms with Crippen molar-refractivity contribution in [3.63, 3.8) is 0 Å². The van der Waals surface area contributed by atoms with E-state index in [4.69, 9.17) is 4.42 Å². The monoisotopic (exact) mass is 472 g/mol. The van der Waals surface area contributed by atoms with Crippen LogP contribution < -0.4 is 10.6 Å². The molecule has 4 aromatic rings. The van der Waals surface area contributed by atoms with E-state index in [2.05, 4.69) is 15.6 Å². The SMILES string of the molecule is O=C(Nc1cccc(C(=O)Nc2nccs2)c1)c1ccc2c(c1)C(=O)N(Cc1ccco1)C2=O. The molecule has 3 heterocycles. The first-order valence-electron chi connectivity index (χ1n) is 10.1. The van der Waals surface area contributed by atoms with Gasteiger partial charge in [0.25, 0.3) is 23.6 Å². The first-order chi connectivity index (χ1) is 16.5. The lowest BCUT2D eigenvalue weighted by atomic mass is 10.1. The summed E-state index contributed by atoms with van der Waals surface area (Å²) in [7, 11) is 0. The third-order valence-electron chi connectivity index (χ3n) is 5.16. The Morgan fingerprint density at radius 3 is 2.47 bits per heavy atom. The summed E-state index contributed by atoms with van der Waals surface area (Å²) in [6.07, 6.45) is 3.05. The van der Waals surface area contributed by atoms with E-state index < -0.39 is 17.7 Å². The Morgan fingerprint density at radius 2 is 1.71 bits per heavy atom. The predicted molar refractivity (Wildman–Crippen MR) is 124 cm³/mol. The maximum atomic E-state index is 12.8. The second kappa shape index (κ2) is 8.75. The van der Waals surface area contributed by atoms with Gasteiger partial charge >= 0.3 is 0 Å². The average molecular weight is 472 g/mol. The minimum Gasteiger partial charge on any atom is -0.467 e. The molecule has 0 unspecified atom stereocenters. The fraction of sp³-hybridized carbons (Fsp3) is 0.0417. The van der Waals surface area contributed by atoms with E-state index in [0.29, 0.717) is 22.1 Å². The van der Waals surface area contributed by atoms with Crippen LogP contribution in [0.4, 0.5) is 10.8 Å². The highest BCUT2D eigenvalue weighted by molar-refractivity contribution is 7.13. The number of nitrogens with one attached hydrogen (secondary N) is 2. The standard InChI is InChI=1S/C24H16N4O5S/c29-20(26-16-4-1-3-14(11-16)21(30)27-24-25-8-10-34-24)15-6-7-18-19(12-15)23(32)28(22(18)31)13-17-5-2-9-33-17/h1-12H,13H2,(H,26,29)(H,25,27,30). The van der Waals surface area contributed by atoms with Crippen LogP contribution in [0.2, 0.25) is 0 Å². The van der Waals surface area contributed by atoms with Crippen LogP contribution in [0.3, 0.4) is 0 Å². The van der Waals surface area contributed by atoms with E-state index in [-0.39, 0.29) is 29.1 Å². The summed E-state index contributed by atoms with van der Waals surface area (Å²) < 4.78 is 5.23. The Bertz CT molecular complexity index is 1410. The molecule has 0 bridgehead atoms. The van der Waals surface area contributed by atoms with Crippen LogP contribution in [-0.4, -0.2) is 33.5 Å². The Balaban J connectivity index is 1.31. The highest BCUT2D eigenvalue weighted by Gasteiger charge is 2.36. The van der Waals surface area contributed by atoms with Crippen LogP contribution >= 0.6 is 11.3 Å². The number of amides is 4. The molecule has 2 aromatic carbocycles. The zero-order valence-electron chi connectivity index (χ0n) is 17.5. The molecule has 0 atom stereocenters. The molecule has 34 heavy (non-hydrogen) atoms. The van der Waals surface area contributed by atoms with Crippen LogP contribution in [0.15, 0.2) is 76.9 Å². The molecule has 4 amide bonds. The van der Waals surface area contributed by atoms with Crippen molar-refractivity contribution in [2.45, 2.75) is 6.54 Å². The maximum Gasteiger partial charge on any atom is 0.261 e. The summed E-state index contributed by atoms with van der Waals surface area (Å²) in [6.45, 7) is 0.0106. The number of furan rings is 1. The first kappa shape index (κ1) is 21.3. The van der Waals surface area contributed by atoms with Gasteiger partial charge in [-0.15, -0.1) is 11.3 Å². The van der Waals surface area contributed by atoms with Crippen molar-refractivity contribution in [1.82, 2.24) is 9.88 Å². The molecule has 0 radical (unpaired) electrons. The Kier molecular flexibility index (Phi) is 5.48. The van der Waals surface area contributed by atoms with Gasteiger partial charge in [0, 0.05) is 28.4 Å². The number of anilines is 2. The van der Waals surface area contributed by atoms with E-state index >= 15 is 0 Å². The number of fused-ring (bicyclic) bond motifs is 1. The normalized spacial score (nSPS) is 12.5. The molecule has 2 N–H and O–H groups in total. The molecule has 0 fully saturated rings. The molecule has 0 saturated heterocycles. The minimum atomic E-state index is -0.494. The number of rotatable bonds is 6. The predicted octanol–water partition coefficient (Wildman–Crippen LogP) is 4.04. The number of hydrogen-bond donors (Lipinski definition) is 2. The first-order valence-corrected chi connectivity index (χ1v) is 11.0. The van der Waals surface area contributed by atoms with Crippen LogP contribution in [0.5, 0.6) is 0 Å². The lowest BCUT2D eigenvalue weighted by molar-refractivity contribution is 0.0631. The molecule has 5 rings (SSSR count). The lowest BCUT2D eigenvalue weighted by Gasteiger charge is -2.11. The number of imide groups is 1. The van der Waals surface area contributed by atoms with Gasteiger partial charge in [0.2, 0.25) is 0 Å². The Labute approximate surface area is 197 Å². The summed E-state index contributed by atoms with van der Waals surface area (Å²) in [5.41, 5.74) is 1.34. The summed E-state index contributed by atoms with van der Waals surface area (Å²) in [5.74, 6) is -1.30. The smallest absolute Gasteiger partial charge is 0.261 e. The van der Waals surface area contributed by atoms with Crippen molar-refractivity contribution in [3.8, 4) is 0 Å². The number of thiazole rings is 1. The van der Waals surface area contributed by atoms with Crippen LogP contribution in [0, 0.1) is 0 Å². The molecule has 168 valence electrons. The molecule has 2 aromatic heterocycles. The molecule has 9 nitrogen and oxygen atoms in total. The molecular formula is C24H16N4O5S. The van der Waals surface area contributed by atoms with Crippen LogP contribution in [0.25, 0.3) is 0 Å². The third kappa shape index (κ3) is 4.09. The number of nitrogens with zero attached hydrogens (tertiary/aromatic N) is 2. The highest BCUT2D eigenvalue weighted by Crippen LogP contribution is 2.26. The molecular weight excluding hydrogens is 456 g/mol. The second-order valence-electron chi connectivity index (χ2n) is 7.36. The van der Waals surface area contributed by atoms with Crippen molar-refractivity contribution in [1.29, 1.82) is 0 Å². The third-order valence-corrected chi connectivity index (χ3v) is 5.85. The quantitative estimate of drug-likeness (QED) is 0.409. The van der Waals surface area contributed by atoms with Gasteiger partial charge in [-0.05, 0) is 48.5 Å². The van der Waals surface area contributed by atoms with Gasteiger partial charge in [-0.2, -0.15) is 0 Å². The van der Waals surface area contributed by atoms with Crippen molar-refractivity contribution in [2.24, 2.45) is 0 Å². The van der Waals surface area contributed by atoms with Gasteiger partial charge in [0.05, 0.1) is 23.9 Å². The zero-order valence-corrected chi connectivity index (χ0v) is 18.3. The fourth-order valence-electron chi connectivity index (χ4n) is 3.53. The Hall–Kier alpha value is -4.57. The van der Waals surface area contributed by atoms with Crippen molar-refractivity contribution >= 4 is 45.8 Å². The van der Waals surface area contributed by atoms with E-state index in [1.54, 1.807) is 41.9 Å².